The molecule has 1 unspecified atom stereocenters. The zero-order valence-corrected chi connectivity index (χ0v) is 13.9. The van der Waals surface area contributed by atoms with E-state index in [0.29, 0.717) is 0 Å². The predicted octanol–water partition coefficient (Wildman–Crippen LogP) is 3.59. The fraction of sp³-hybridized carbons (Fsp3) is 0.824. The first-order chi connectivity index (χ1) is 10.2. The Morgan fingerprint density at radius 1 is 1.29 bits per heavy atom. The minimum absolute atomic E-state index is 0.0660. The van der Waals surface area contributed by atoms with E-state index in [4.69, 9.17) is 4.74 Å². The van der Waals surface area contributed by atoms with E-state index in [1.807, 2.05) is 17.9 Å². The van der Waals surface area contributed by atoms with E-state index in [1.54, 1.807) is 0 Å². The third-order valence-electron chi connectivity index (χ3n) is 4.56. The molecular weight excluding hydrogens is 262 g/mol. The highest BCUT2D eigenvalue weighted by molar-refractivity contribution is 5.17. The first-order valence-corrected chi connectivity index (χ1v) is 8.57. The highest BCUT2D eigenvalue weighted by Crippen LogP contribution is 2.40. The van der Waals surface area contributed by atoms with Crippen LogP contribution in [0.3, 0.4) is 0 Å². The summed E-state index contributed by atoms with van der Waals surface area (Å²) < 4.78 is 8.27. The van der Waals surface area contributed by atoms with Crippen LogP contribution in [0.4, 0.5) is 0 Å². The summed E-state index contributed by atoms with van der Waals surface area (Å²) in [6.07, 6.45) is 12.8. The molecule has 1 fully saturated rings. The Balaban J connectivity index is 2.28. The van der Waals surface area contributed by atoms with Gasteiger partial charge in [0, 0.05) is 25.4 Å². The summed E-state index contributed by atoms with van der Waals surface area (Å²) >= 11 is 0. The van der Waals surface area contributed by atoms with Gasteiger partial charge in [0.15, 0.2) is 0 Å². The first-order valence-electron chi connectivity index (χ1n) is 8.57. The second-order valence-electron chi connectivity index (χ2n) is 6.25. The lowest BCUT2D eigenvalue weighted by molar-refractivity contribution is -0.0781. The minimum atomic E-state index is -0.0660. The molecule has 4 heteroatoms. The van der Waals surface area contributed by atoms with Crippen molar-refractivity contribution < 1.29 is 4.74 Å². The Kier molecular flexibility index (Phi) is 6.24. The molecule has 0 aliphatic heterocycles. The van der Waals surface area contributed by atoms with Gasteiger partial charge >= 0.3 is 0 Å². The second-order valence-corrected chi connectivity index (χ2v) is 6.25. The first kappa shape index (κ1) is 16.5. The molecule has 0 spiro atoms. The van der Waals surface area contributed by atoms with E-state index < -0.39 is 0 Å². The monoisotopic (exact) mass is 293 g/mol. The summed E-state index contributed by atoms with van der Waals surface area (Å²) in [6.45, 7) is 6.14. The third-order valence-corrected chi connectivity index (χ3v) is 4.56. The van der Waals surface area contributed by atoms with Gasteiger partial charge in [-0.25, -0.2) is 0 Å². The molecule has 1 aromatic rings. The molecule has 2 rings (SSSR count). The molecular formula is C17H31N3O. The van der Waals surface area contributed by atoms with Crippen LogP contribution < -0.4 is 5.32 Å². The topological polar surface area (TPSA) is 39.1 Å². The molecule has 120 valence electrons. The molecule has 1 aliphatic carbocycles. The standard InChI is InChI=1S/C17H31N3O/c1-4-12-18-16(15-13-19-20(3)14-15)17(21-5-2)10-8-6-7-9-11-17/h13-14,16,18H,4-12H2,1-3H3. The molecule has 1 aliphatic rings. The average molecular weight is 293 g/mol. The van der Waals surface area contributed by atoms with E-state index in [0.717, 1.165) is 32.4 Å². The molecule has 0 saturated heterocycles. The van der Waals surface area contributed by atoms with Gasteiger partial charge in [-0.3, -0.25) is 4.68 Å². The molecule has 1 N–H and O–H groups in total. The SMILES string of the molecule is CCCNC(c1cnn(C)c1)C1(OCC)CCCCCC1. The van der Waals surface area contributed by atoms with Crippen molar-refractivity contribution in [3.63, 3.8) is 0 Å². The van der Waals surface area contributed by atoms with Crippen LogP contribution in [0, 0.1) is 0 Å². The Morgan fingerprint density at radius 3 is 2.52 bits per heavy atom. The van der Waals surface area contributed by atoms with Gasteiger partial charge in [-0.15, -0.1) is 0 Å². The maximum Gasteiger partial charge on any atom is 0.0877 e. The van der Waals surface area contributed by atoms with Gasteiger partial charge < -0.3 is 10.1 Å². The molecule has 0 amide bonds. The molecule has 0 bridgehead atoms. The van der Waals surface area contributed by atoms with Gasteiger partial charge in [-0.2, -0.15) is 5.10 Å². The van der Waals surface area contributed by atoms with Crippen molar-refractivity contribution in [2.24, 2.45) is 7.05 Å². The molecule has 1 atom stereocenters. The Hall–Kier alpha value is -0.870. The predicted molar refractivity (Wildman–Crippen MR) is 86.3 cm³/mol. The minimum Gasteiger partial charge on any atom is -0.373 e. The van der Waals surface area contributed by atoms with Gasteiger partial charge in [-0.1, -0.05) is 32.6 Å². The molecule has 4 nitrogen and oxygen atoms in total. The lowest BCUT2D eigenvalue weighted by Gasteiger charge is -2.40. The molecule has 0 radical (unpaired) electrons. The lowest BCUT2D eigenvalue weighted by atomic mass is 9.83. The number of hydrogen-bond donors (Lipinski definition) is 1. The maximum atomic E-state index is 6.37. The second kappa shape index (κ2) is 7.95. The molecule has 21 heavy (non-hydrogen) atoms. The summed E-state index contributed by atoms with van der Waals surface area (Å²) in [5.41, 5.74) is 1.20. The molecule has 1 heterocycles. The van der Waals surface area contributed by atoms with E-state index in [9.17, 15) is 0 Å². The normalized spacial score (nSPS) is 20.1. The van der Waals surface area contributed by atoms with Crippen molar-refractivity contribution in [2.45, 2.75) is 70.4 Å². The maximum absolute atomic E-state index is 6.37. The Morgan fingerprint density at radius 2 is 2.00 bits per heavy atom. The average Bonchev–Trinajstić information content (AvgIpc) is 2.75. The highest BCUT2D eigenvalue weighted by atomic mass is 16.5. The number of nitrogens with zero attached hydrogens (tertiary/aromatic N) is 2. The number of aryl methyl sites for hydroxylation is 1. The van der Waals surface area contributed by atoms with Crippen LogP contribution in [-0.2, 0) is 11.8 Å². The molecule has 1 saturated carbocycles. The van der Waals surface area contributed by atoms with Crippen LogP contribution in [-0.4, -0.2) is 28.5 Å². The van der Waals surface area contributed by atoms with Crippen LogP contribution in [0.1, 0.15) is 70.4 Å². The summed E-state index contributed by atoms with van der Waals surface area (Å²) in [6, 6.07) is 0.254. The van der Waals surface area contributed by atoms with Crippen molar-refractivity contribution in [1.82, 2.24) is 15.1 Å². The van der Waals surface area contributed by atoms with Crippen molar-refractivity contribution in [3.05, 3.63) is 18.0 Å². The Bertz CT molecular complexity index is 408. The molecule has 1 aromatic heterocycles. The van der Waals surface area contributed by atoms with E-state index in [-0.39, 0.29) is 11.6 Å². The molecule has 0 aromatic carbocycles. The largest absolute Gasteiger partial charge is 0.373 e. The number of aromatic nitrogens is 2. The van der Waals surface area contributed by atoms with Gasteiger partial charge in [-0.05, 0) is 32.7 Å². The van der Waals surface area contributed by atoms with E-state index >= 15 is 0 Å². The van der Waals surface area contributed by atoms with Crippen LogP contribution >= 0.6 is 0 Å². The van der Waals surface area contributed by atoms with Crippen molar-refractivity contribution in [3.8, 4) is 0 Å². The van der Waals surface area contributed by atoms with Crippen molar-refractivity contribution >= 4 is 0 Å². The van der Waals surface area contributed by atoms with Gasteiger partial charge in [0.05, 0.1) is 17.8 Å². The summed E-state index contributed by atoms with van der Waals surface area (Å²) in [7, 11) is 1.99. The zero-order chi connectivity index (χ0) is 15.1. The summed E-state index contributed by atoms with van der Waals surface area (Å²) in [5, 5.41) is 8.12. The number of hydrogen-bond acceptors (Lipinski definition) is 3. The zero-order valence-electron chi connectivity index (χ0n) is 13.9. The number of nitrogens with one attached hydrogen (secondary N) is 1. The Labute approximate surface area is 129 Å². The van der Waals surface area contributed by atoms with Crippen LogP contribution in [0.2, 0.25) is 0 Å². The van der Waals surface area contributed by atoms with Gasteiger partial charge in [0.2, 0.25) is 0 Å². The van der Waals surface area contributed by atoms with Crippen LogP contribution in [0.5, 0.6) is 0 Å². The van der Waals surface area contributed by atoms with E-state index in [2.05, 4.69) is 30.5 Å². The fourth-order valence-electron chi connectivity index (χ4n) is 3.62. The highest BCUT2D eigenvalue weighted by Gasteiger charge is 2.40. The lowest BCUT2D eigenvalue weighted by Crippen LogP contribution is -2.46. The number of ether oxygens (including phenoxy) is 1. The van der Waals surface area contributed by atoms with Crippen molar-refractivity contribution in [2.75, 3.05) is 13.2 Å². The smallest absolute Gasteiger partial charge is 0.0877 e. The van der Waals surface area contributed by atoms with Crippen molar-refractivity contribution in [1.29, 1.82) is 0 Å². The summed E-state index contributed by atoms with van der Waals surface area (Å²) in [5.74, 6) is 0. The van der Waals surface area contributed by atoms with Gasteiger partial charge in [0.25, 0.3) is 0 Å². The fourth-order valence-corrected chi connectivity index (χ4v) is 3.62. The van der Waals surface area contributed by atoms with Crippen LogP contribution in [0.25, 0.3) is 0 Å². The number of rotatable bonds is 7. The summed E-state index contributed by atoms with van der Waals surface area (Å²) in [4.78, 5) is 0. The van der Waals surface area contributed by atoms with Crippen LogP contribution in [0.15, 0.2) is 12.4 Å². The van der Waals surface area contributed by atoms with E-state index in [1.165, 1.54) is 31.2 Å². The third kappa shape index (κ3) is 4.07. The quantitative estimate of drug-likeness (QED) is 0.781. The van der Waals surface area contributed by atoms with Gasteiger partial charge in [0.1, 0.15) is 0 Å².